The molecule has 3 aromatic carbocycles. The number of amides is 2. The number of carbonyl (C=O) groups excluding carboxylic acids is 2. The summed E-state index contributed by atoms with van der Waals surface area (Å²) in [5, 5.41) is 3.37. The van der Waals surface area contributed by atoms with Crippen LogP contribution in [0.25, 0.3) is 0 Å². The molecular weight excluding hydrogens is 456 g/mol. The van der Waals surface area contributed by atoms with Gasteiger partial charge in [-0.3, -0.25) is 9.59 Å². The Balaban J connectivity index is 1.72. The zero-order valence-electron chi connectivity index (χ0n) is 19.1. The molecule has 1 heterocycles. The maximum Gasteiger partial charge on any atom is 0.230 e. The summed E-state index contributed by atoms with van der Waals surface area (Å²) in [6, 6.07) is 19.1. The number of hydrogen-bond donors (Lipinski definition) is 1. The largest absolute Gasteiger partial charge is 0.497 e. The molecule has 1 saturated heterocycles. The Morgan fingerprint density at radius 1 is 0.912 bits per heavy atom. The van der Waals surface area contributed by atoms with Crippen molar-refractivity contribution in [2.75, 3.05) is 31.5 Å². The summed E-state index contributed by atoms with van der Waals surface area (Å²) in [5.41, 5.74) is 1.95. The first-order chi connectivity index (χ1) is 16.4. The molecule has 7 nitrogen and oxygen atoms in total. The molecule has 0 aromatic heterocycles. The average molecular weight is 481 g/mol. The van der Waals surface area contributed by atoms with Crippen LogP contribution in [0.3, 0.4) is 0 Å². The van der Waals surface area contributed by atoms with E-state index in [1.807, 2.05) is 36.4 Å². The molecule has 0 spiro atoms. The molecule has 8 heteroatoms. The molecule has 2 amide bonds. The molecule has 176 valence electrons. The highest BCUT2D eigenvalue weighted by Gasteiger charge is 2.45. The number of nitrogens with zero attached hydrogens (tertiary/aromatic N) is 1. The monoisotopic (exact) mass is 480 g/mol. The van der Waals surface area contributed by atoms with Gasteiger partial charge in [-0.2, -0.15) is 0 Å². The standard InChI is InChI=1S/C26H25ClN2O5/c1-32-19-9-4-16(5-10-19)25-21(26(31)28-22-14-17(27)6-13-23(22)34-3)15-24(30)29(25)18-7-11-20(33-2)12-8-18/h4-14,21,25H,15H2,1-3H3,(H,28,31). The second kappa shape index (κ2) is 10.1. The minimum Gasteiger partial charge on any atom is -0.497 e. The maximum atomic E-state index is 13.5. The van der Waals surface area contributed by atoms with E-state index in [9.17, 15) is 9.59 Å². The lowest BCUT2D eigenvalue weighted by Crippen LogP contribution is -2.32. The Morgan fingerprint density at radius 2 is 1.53 bits per heavy atom. The molecule has 1 aliphatic heterocycles. The molecule has 34 heavy (non-hydrogen) atoms. The quantitative estimate of drug-likeness (QED) is 0.509. The SMILES string of the molecule is COc1ccc(C2C(C(=O)Nc3cc(Cl)ccc3OC)CC(=O)N2c2ccc(OC)cc2)cc1. The molecule has 3 aromatic rings. The van der Waals surface area contributed by atoms with E-state index in [4.69, 9.17) is 25.8 Å². The van der Waals surface area contributed by atoms with E-state index in [1.54, 1.807) is 49.5 Å². The van der Waals surface area contributed by atoms with Gasteiger partial charge in [-0.05, 0) is 60.2 Å². The molecule has 0 aliphatic carbocycles. The Kier molecular flexibility index (Phi) is 6.93. The molecule has 1 aliphatic rings. The third-order valence-electron chi connectivity index (χ3n) is 5.89. The molecule has 1 N–H and O–H groups in total. The van der Waals surface area contributed by atoms with Crippen LogP contribution < -0.4 is 24.4 Å². The van der Waals surface area contributed by atoms with E-state index < -0.39 is 12.0 Å². The molecule has 2 atom stereocenters. The first-order valence-electron chi connectivity index (χ1n) is 10.7. The topological polar surface area (TPSA) is 77.1 Å². The van der Waals surface area contributed by atoms with E-state index in [0.717, 1.165) is 5.56 Å². The summed E-state index contributed by atoms with van der Waals surface area (Å²) < 4.78 is 15.9. The van der Waals surface area contributed by atoms with E-state index in [-0.39, 0.29) is 18.2 Å². The van der Waals surface area contributed by atoms with Gasteiger partial charge in [-0.1, -0.05) is 23.7 Å². The third kappa shape index (κ3) is 4.65. The highest BCUT2D eigenvalue weighted by Crippen LogP contribution is 2.43. The Bertz CT molecular complexity index is 1180. The first-order valence-corrected chi connectivity index (χ1v) is 11.1. The predicted molar refractivity (Wildman–Crippen MR) is 131 cm³/mol. The maximum absolute atomic E-state index is 13.5. The fraction of sp³-hybridized carbons (Fsp3) is 0.231. The normalized spacial score (nSPS) is 17.4. The van der Waals surface area contributed by atoms with Gasteiger partial charge in [0.05, 0.1) is 39.0 Å². The molecule has 0 radical (unpaired) electrons. The van der Waals surface area contributed by atoms with Crippen molar-refractivity contribution in [3.8, 4) is 17.2 Å². The zero-order chi connectivity index (χ0) is 24.2. The van der Waals surface area contributed by atoms with Crippen molar-refractivity contribution in [1.82, 2.24) is 0 Å². The van der Waals surface area contributed by atoms with Crippen LogP contribution in [-0.4, -0.2) is 33.1 Å². The molecule has 0 saturated carbocycles. The summed E-state index contributed by atoms with van der Waals surface area (Å²) in [7, 11) is 4.69. The fourth-order valence-corrected chi connectivity index (χ4v) is 4.37. The van der Waals surface area contributed by atoms with Gasteiger partial charge in [-0.15, -0.1) is 0 Å². The smallest absolute Gasteiger partial charge is 0.230 e. The molecule has 0 bridgehead atoms. The molecule has 2 unspecified atom stereocenters. The average Bonchev–Trinajstić information content (AvgIpc) is 3.21. The van der Waals surface area contributed by atoms with Crippen LogP contribution in [0.15, 0.2) is 66.7 Å². The Morgan fingerprint density at radius 3 is 2.12 bits per heavy atom. The van der Waals surface area contributed by atoms with Gasteiger partial charge in [0.1, 0.15) is 17.2 Å². The van der Waals surface area contributed by atoms with Crippen LogP contribution in [0, 0.1) is 5.92 Å². The molecule has 1 fully saturated rings. The Hall–Kier alpha value is -3.71. The number of hydrogen-bond acceptors (Lipinski definition) is 5. The van der Waals surface area contributed by atoms with Crippen molar-refractivity contribution in [2.24, 2.45) is 5.92 Å². The lowest BCUT2D eigenvalue weighted by atomic mass is 9.92. The molecule has 4 rings (SSSR count). The highest BCUT2D eigenvalue weighted by molar-refractivity contribution is 6.31. The zero-order valence-corrected chi connectivity index (χ0v) is 19.8. The van der Waals surface area contributed by atoms with Gasteiger partial charge in [0, 0.05) is 17.1 Å². The van der Waals surface area contributed by atoms with Crippen molar-refractivity contribution in [2.45, 2.75) is 12.5 Å². The van der Waals surface area contributed by atoms with Gasteiger partial charge < -0.3 is 24.4 Å². The van der Waals surface area contributed by atoms with Crippen LogP contribution >= 0.6 is 11.6 Å². The predicted octanol–water partition coefficient (Wildman–Crippen LogP) is 5.10. The number of anilines is 2. The van der Waals surface area contributed by atoms with Crippen LogP contribution in [0.5, 0.6) is 17.2 Å². The highest BCUT2D eigenvalue weighted by atomic mass is 35.5. The van der Waals surface area contributed by atoms with Gasteiger partial charge >= 0.3 is 0 Å². The fourth-order valence-electron chi connectivity index (χ4n) is 4.20. The van der Waals surface area contributed by atoms with Crippen LogP contribution in [0.4, 0.5) is 11.4 Å². The minimum absolute atomic E-state index is 0.0530. The number of ether oxygens (including phenoxy) is 3. The second-order valence-electron chi connectivity index (χ2n) is 7.82. The number of nitrogens with one attached hydrogen (secondary N) is 1. The van der Waals surface area contributed by atoms with Crippen molar-refractivity contribution < 1.29 is 23.8 Å². The van der Waals surface area contributed by atoms with Crippen molar-refractivity contribution >= 4 is 34.8 Å². The lowest BCUT2D eigenvalue weighted by molar-refractivity contribution is -0.122. The van der Waals surface area contributed by atoms with Gasteiger partial charge in [-0.25, -0.2) is 0 Å². The number of halogens is 1. The number of benzene rings is 3. The summed E-state index contributed by atoms with van der Waals surface area (Å²) in [6.07, 6.45) is 0.0530. The van der Waals surface area contributed by atoms with Crippen molar-refractivity contribution in [3.63, 3.8) is 0 Å². The summed E-state index contributed by atoms with van der Waals surface area (Å²) in [6.45, 7) is 0. The van der Waals surface area contributed by atoms with E-state index in [2.05, 4.69) is 5.32 Å². The number of carbonyl (C=O) groups is 2. The van der Waals surface area contributed by atoms with Crippen molar-refractivity contribution in [1.29, 1.82) is 0 Å². The van der Waals surface area contributed by atoms with Gasteiger partial charge in [0.15, 0.2) is 0 Å². The van der Waals surface area contributed by atoms with E-state index in [1.165, 1.54) is 7.11 Å². The molecular formula is C26H25ClN2O5. The van der Waals surface area contributed by atoms with Crippen LogP contribution in [0.1, 0.15) is 18.0 Å². The van der Waals surface area contributed by atoms with Gasteiger partial charge in [0.25, 0.3) is 0 Å². The first kappa shape index (κ1) is 23.4. The number of rotatable bonds is 7. The summed E-state index contributed by atoms with van der Waals surface area (Å²) >= 11 is 6.13. The van der Waals surface area contributed by atoms with Crippen LogP contribution in [-0.2, 0) is 9.59 Å². The van der Waals surface area contributed by atoms with E-state index in [0.29, 0.717) is 33.6 Å². The minimum atomic E-state index is -0.647. The summed E-state index contributed by atoms with van der Waals surface area (Å²) in [4.78, 5) is 28.4. The van der Waals surface area contributed by atoms with Crippen LogP contribution in [0.2, 0.25) is 5.02 Å². The van der Waals surface area contributed by atoms with Crippen molar-refractivity contribution in [3.05, 3.63) is 77.3 Å². The Labute approximate surface area is 203 Å². The third-order valence-corrected chi connectivity index (χ3v) is 6.12. The van der Waals surface area contributed by atoms with Gasteiger partial charge in [0.2, 0.25) is 11.8 Å². The number of methoxy groups -OCH3 is 3. The summed E-state index contributed by atoms with van der Waals surface area (Å²) in [5.74, 6) is 0.754. The second-order valence-corrected chi connectivity index (χ2v) is 8.26. The van der Waals surface area contributed by atoms with E-state index >= 15 is 0 Å². The lowest BCUT2D eigenvalue weighted by Gasteiger charge is -2.29.